The van der Waals surface area contributed by atoms with Crippen molar-refractivity contribution in [1.82, 2.24) is 9.38 Å². The van der Waals surface area contributed by atoms with E-state index in [0.717, 1.165) is 45.2 Å². The summed E-state index contributed by atoms with van der Waals surface area (Å²) >= 11 is 1.88. The minimum absolute atomic E-state index is 0.921. The fraction of sp³-hybridized carbons (Fsp3) is 0. The predicted molar refractivity (Wildman–Crippen MR) is 250 cm³/mol. The van der Waals surface area contributed by atoms with Crippen molar-refractivity contribution in [2.75, 3.05) is 4.90 Å². The molecule has 0 aliphatic rings. The van der Waals surface area contributed by atoms with Crippen molar-refractivity contribution in [3.63, 3.8) is 0 Å². The van der Waals surface area contributed by atoms with Gasteiger partial charge in [0.25, 0.3) is 0 Å². The van der Waals surface area contributed by atoms with Crippen LogP contribution in [0, 0.1) is 0 Å². The summed E-state index contributed by atoms with van der Waals surface area (Å²) in [5.74, 6) is 0. The van der Waals surface area contributed by atoms with Gasteiger partial charge in [-0.05, 0) is 88.0 Å². The fourth-order valence-electron chi connectivity index (χ4n) is 8.37. The van der Waals surface area contributed by atoms with Gasteiger partial charge in [0.15, 0.2) is 0 Å². The Kier molecular flexibility index (Phi) is 8.68. The normalized spacial score (nSPS) is 11.4. The Bertz CT molecular complexity index is 3240. The summed E-state index contributed by atoms with van der Waals surface area (Å²) in [5, 5.41) is 2.63. The molecule has 0 aliphatic heterocycles. The van der Waals surface area contributed by atoms with E-state index in [9.17, 15) is 0 Å². The number of pyridine rings is 1. The maximum Gasteiger partial charge on any atom is 0.137 e. The Hall–Kier alpha value is -7.53. The first-order valence-corrected chi connectivity index (χ1v) is 20.8. The summed E-state index contributed by atoms with van der Waals surface area (Å²) in [6, 6.07) is 78.2. The van der Waals surface area contributed by atoms with E-state index in [1.54, 1.807) is 0 Å². The largest absolute Gasteiger partial charge is 0.310 e. The molecule has 59 heavy (non-hydrogen) atoms. The van der Waals surface area contributed by atoms with Crippen LogP contribution in [-0.4, -0.2) is 9.38 Å². The van der Waals surface area contributed by atoms with Gasteiger partial charge in [-0.1, -0.05) is 164 Å². The van der Waals surface area contributed by atoms with E-state index in [2.05, 4.69) is 222 Å². The highest BCUT2D eigenvalue weighted by Gasteiger charge is 2.19. The van der Waals surface area contributed by atoms with Crippen LogP contribution < -0.4 is 4.90 Å². The molecule has 0 saturated heterocycles. The van der Waals surface area contributed by atoms with Crippen molar-refractivity contribution in [1.29, 1.82) is 0 Å². The van der Waals surface area contributed by atoms with E-state index >= 15 is 0 Å². The third-order valence-electron chi connectivity index (χ3n) is 11.2. The molecule has 0 radical (unpaired) electrons. The van der Waals surface area contributed by atoms with Gasteiger partial charge in [-0.15, -0.1) is 11.3 Å². The third-order valence-corrected chi connectivity index (χ3v) is 12.4. The quantitative estimate of drug-likeness (QED) is 0.153. The third kappa shape index (κ3) is 6.37. The molecule has 4 heteroatoms. The van der Waals surface area contributed by atoms with Crippen LogP contribution in [0.4, 0.5) is 17.1 Å². The van der Waals surface area contributed by atoms with Crippen LogP contribution in [0.15, 0.2) is 225 Å². The van der Waals surface area contributed by atoms with Crippen LogP contribution >= 0.6 is 11.3 Å². The Morgan fingerprint density at radius 3 is 1.71 bits per heavy atom. The fourth-order valence-corrected chi connectivity index (χ4v) is 9.64. The van der Waals surface area contributed by atoms with Gasteiger partial charge < -0.3 is 4.90 Å². The molecule has 0 N–H and O–H groups in total. The summed E-state index contributed by atoms with van der Waals surface area (Å²) < 4.78 is 4.84. The highest BCUT2D eigenvalue weighted by molar-refractivity contribution is 7.26. The molecule has 8 aromatic carbocycles. The molecular weight excluding hydrogens is 735 g/mol. The number of para-hydroxylation sites is 1. The lowest BCUT2D eigenvalue weighted by Gasteiger charge is -2.26. The summed E-state index contributed by atoms with van der Waals surface area (Å²) in [5.41, 5.74) is 15.8. The monoisotopic (exact) mass is 771 g/mol. The molecule has 0 bridgehead atoms. The predicted octanol–water partition coefficient (Wildman–Crippen LogP) is 15.5. The number of rotatable bonds is 8. The number of anilines is 3. The summed E-state index contributed by atoms with van der Waals surface area (Å²) in [6.07, 6.45) is 2.10. The molecule has 0 saturated carbocycles. The maximum atomic E-state index is 5.09. The zero-order valence-corrected chi connectivity index (χ0v) is 32.9. The highest BCUT2D eigenvalue weighted by Crippen LogP contribution is 2.42. The van der Waals surface area contributed by atoms with E-state index in [1.807, 2.05) is 23.5 Å². The summed E-state index contributed by atoms with van der Waals surface area (Å²) in [6.45, 7) is 0. The number of imidazole rings is 1. The first-order chi connectivity index (χ1) is 29.2. The Labute approximate surface area is 347 Å². The van der Waals surface area contributed by atoms with E-state index < -0.39 is 0 Å². The molecule has 0 amide bonds. The molecule has 3 heterocycles. The number of fused-ring (bicyclic) bond motifs is 4. The van der Waals surface area contributed by atoms with Gasteiger partial charge in [0.05, 0.1) is 11.4 Å². The van der Waals surface area contributed by atoms with E-state index in [1.165, 1.54) is 53.6 Å². The molecule has 11 rings (SSSR count). The molecule has 0 spiro atoms. The lowest BCUT2D eigenvalue weighted by atomic mass is 9.98. The minimum Gasteiger partial charge on any atom is -0.310 e. The lowest BCUT2D eigenvalue weighted by molar-refractivity contribution is 1.19. The highest BCUT2D eigenvalue weighted by atomic mass is 32.1. The van der Waals surface area contributed by atoms with E-state index in [0.29, 0.717) is 0 Å². The average Bonchev–Trinajstić information content (AvgIpc) is 3.89. The number of benzene rings is 8. The minimum atomic E-state index is 0.921. The van der Waals surface area contributed by atoms with E-state index in [-0.39, 0.29) is 0 Å². The first kappa shape index (κ1) is 34.7. The van der Waals surface area contributed by atoms with Gasteiger partial charge in [-0.2, -0.15) is 0 Å². The first-order valence-electron chi connectivity index (χ1n) is 19.9. The second kappa shape index (κ2) is 14.8. The molecule has 0 unspecified atom stereocenters. The zero-order chi connectivity index (χ0) is 39.1. The molecule has 0 atom stereocenters. The van der Waals surface area contributed by atoms with Crippen molar-refractivity contribution in [2.24, 2.45) is 0 Å². The van der Waals surface area contributed by atoms with Crippen molar-refractivity contribution < 1.29 is 0 Å². The summed E-state index contributed by atoms with van der Waals surface area (Å²) in [7, 11) is 0. The number of aromatic nitrogens is 2. The average molecular weight is 772 g/mol. The SMILES string of the molecule is c1ccc(-c2nc3ccccn3c2-c2cccc(N(c3ccccc3)c3ccc(-c4ccc(-c5ccc6c(c5)sc5c(-c7ccccc7)cccc56)cc4)cc3)c2)cc1. The smallest absolute Gasteiger partial charge is 0.137 e. The Balaban J connectivity index is 0.912. The van der Waals surface area contributed by atoms with Gasteiger partial charge >= 0.3 is 0 Å². The molecule has 0 aliphatic carbocycles. The van der Waals surface area contributed by atoms with Crippen molar-refractivity contribution >= 4 is 54.2 Å². The van der Waals surface area contributed by atoms with Crippen LogP contribution in [0.5, 0.6) is 0 Å². The van der Waals surface area contributed by atoms with Crippen molar-refractivity contribution in [3.8, 4) is 55.9 Å². The van der Waals surface area contributed by atoms with Gasteiger partial charge in [-0.3, -0.25) is 4.40 Å². The summed E-state index contributed by atoms with van der Waals surface area (Å²) in [4.78, 5) is 7.42. The van der Waals surface area contributed by atoms with Crippen LogP contribution in [0.2, 0.25) is 0 Å². The molecule has 278 valence electrons. The standard InChI is InChI=1S/C55H37N3S/c1-4-14-41(15-5-1)48-22-13-23-50-49-34-31-43(37-51(49)59-55(48)50)40-27-25-38(26-28-40)39-29-32-46(33-30-39)58(45-19-8-3-9-20-45)47-21-12-18-44(36-47)54-53(42-16-6-2-7-17-42)56-52-24-10-11-35-57(52)54/h1-37H. The molecular formula is C55H37N3S. The topological polar surface area (TPSA) is 20.5 Å². The molecule has 3 aromatic heterocycles. The lowest BCUT2D eigenvalue weighted by Crippen LogP contribution is -2.10. The molecule has 11 aromatic rings. The van der Waals surface area contributed by atoms with E-state index in [4.69, 9.17) is 4.98 Å². The van der Waals surface area contributed by atoms with Gasteiger partial charge in [0.1, 0.15) is 5.65 Å². The van der Waals surface area contributed by atoms with Crippen molar-refractivity contribution in [3.05, 3.63) is 225 Å². The Morgan fingerprint density at radius 2 is 0.966 bits per heavy atom. The van der Waals surface area contributed by atoms with Crippen LogP contribution in [-0.2, 0) is 0 Å². The van der Waals surface area contributed by atoms with Gasteiger partial charge in [0.2, 0.25) is 0 Å². The Morgan fingerprint density at radius 1 is 0.390 bits per heavy atom. The second-order valence-corrected chi connectivity index (χ2v) is 15.9. The van der Waals surface area contributed by atoms with Crippen LogP contribution in [0.25, 0.3) is 81.7 Å². The zero-order valence-electron chi connectivity index (χ0n) is 32.1. The molecule has 3 nitrogen and oxygen atoms in total. The van der Waals surface area contributed by atoms with Gasteiger partial charge in [-0.25, -0.2) is 4.98 Å². The maximum absolute atomic E-state index is 5.09. The number of hydrogen-bond donors (Lipinski definition) is 0. The molecule has 0 fully saturated rings. The van der Waals surface area contributed by atoms with Crippen LogP contribution in [0.1, 0.15) is 0 Å². The second-order valence-electron chi connectivity index (χ2n) is 14.8. The number of hydrogen-bond acceptors (Lipinski definition) is 3. The van der Waals surface area contributed by atoms with Crippen molar-refractivity contribution in [2.45, 2.75) is 0 Å². The van der Waals surface area contributed by atoms with Crippen LogP contribution in [0.3, 0.4) is 0 Å². The van der Waals surface area contributed by atoms with Gasteiger partial charge in [0, 0.05) is 54.6 Å². The number of thiophene rings is 1. The number of nitrogens with zero attached hydrogens (tertiary/aromatic N) is 3.